The molecule has 1 amide bonds. The van der Waals surface area contributed by atoms with Gasteiger partial charge in [-0.05, 0) is 56.2 Å². The zero-order chi connectivity index (χ0) is 26.5. The second-order valence-corrected chi connectivity index (χ2v) is 9.79. The number of aromatic nitrogens is 2. The van der Waals surface area contributed by atoms with Crippen LogP contribution in [-0.4, -0.2) is 83.2 Å². The van der Waals surface area contributed by atoms with E-state index in [9.17, 15) is 4.79 Å². The van der Waals surface area contributed by atoms with E-state index in [1.807, 2.05) is 6.07 Å². The van der Waals surface area contributed by atoms with Crippen LogP contribution in [0.15, 0.2) is 48.8 Å². The molecule has 1 saturated carbocycles. The summed E-state index contributed by atoms with van der Waals surface area (Å²) >= 11 is 0. The Kier molecular flexibility index (Phi) is 10.8. The summed E-state index contributed by atoms with van der Waals surface area (Å²) in [7, 11) is 0. The van der Waals surface area contributed by atoms with Crippen LogP contribution in [0.2, 0.25) is 0 Å². The summed E-state index contributed by atoms with van der Waals surface area (Å²) in [4.78, 5) is 44.0. The number of fused-ring (bicyclic) bond motifs is 1. The first-order chi connectivity index (χ1) is 18.1. The Balaban J connectivity index is 0.000000580. The molecule has 5 rings (SSSR count). The number of benzene rings is 1. The Morgan fingerprint density at radius 3 is 2.38 bits per heavy atom. The maximum absolute atomic E-state index is 13.6. The molecule has 0 spiro atoms. The Bertz CT molecular complexity index is 970. The molecule has 2 aliphatic heterocycles. The smallest absolute Gasteiger partial charge is 0.290 e. The Hall–Kier alpha value is -3.53. The SMILES string of the molecule is O=C(NCC1CC1)[C@]12CCCN(CCc3ccccc3)C[C@H]1CN(c1ncccn1)C2.O=CO.O=CO. The minimum absolute atomic E-state index is 0.250. The molecule has 3 N–H and O–H groups in total. The predicted octanol–water partition coefficient (Wildman–Crippen LogP) is 2.17. The fraction of sp³-hybridized carbons (Fsp3) is 0.519. The summed E-state index contributed by atoms with van der Waals surface area (Å²) < 4.78 is 0. The molecule has 10 heteroatoms. The molecule has 0 bridgehead atoms. The highest BCUT2D eigenvalue weighted by Crippen LogP contribution is 2.44. The van der Waals surface area contributed by atoms with Crippen molar-refractivity contribution in [2.45, 2.75) is 32.1 Å². The largest absolute Gasteiger partial charge is 0.483 e. The van der Waals surface area contributed by atoms with E-state index in [-0.39, 0.29) is 24.3 Å². The summed E-state index contributed by atoms with van der Waals surface area (Å²) in [5, 5.41) is 17.1. The molecule has 1 aromatic heterocycles. The number of nitrogens with one attached hydrogen (secondary N) is 1. The number of hydrogen-bond donors (Lipinski definition) is 3. The molecule has 1 aliphatic carbocycles. The molecule has 3 aliphatic rings. The molecule has 2 atom stereocenters. The van der Waals surface area contributed by atoms with Crippen LogP contribution in [-0.2, 0) is 20.8 Å². The van der Waals surface area contributed by atoms with Crippen molar-refractivity contribution in [3.63, 3.8) is 0 Å². The van der Waals surface area contributed by atoms with Crippen molar-refractivity contribution in [2.24, 2.45) is 17.3 Å². The molecule has 3 heterocycles. The molecule has 3 fully saturated rings. The molecule has 10 nitrogen and oxygen atoms in total. The number of nitrogens with zero attached hydrogens (tertiary/aromatic N) is 4. The highest BCUT2D eigenvalue weighted by atomic mass is 16.3. The molecule has 2 saturated heterocycles. The van der Waals surface area contributed by atoms with Gasteiger partial charge in [-0.25, -0.2) is 9.97 Å². The van der Waals surface area contributed by atoms with E-state index in [1.165, 1.54) is 18.4 Å². The first-order valence-electron chi connectivity index (χ1n) is 12.8. The van der Waals surface area contributed by atoms with E-state index in [1.54, 1.807) is 12.4 Å². The number of rotatable bonds is 7. The number of likely N-dealkylation sites (tertiary alicyclic amines) is 1. The lowest BCUT2D eigenvalue weighted by Gasteiger charge is -2.32. The van der Waals surface area contributed by atoms with E-state index in [0.29, 0.717) is 11.8 Å². The maximum Gasteiger partial charge on any atom is 0.290 e. The number of carbonyl (C=O) groups excluding carboxylic acids is 1. The zero-order valence-corrected chi connectivity index (χ0v) is 21.1. The highest BCUT2D eigenvalue weighted by molar-refractivity contribution is 5.84. The van der Waals surface area contributed by atoms with Crippen LogP contribution in [0.3, 0.4) is 0 Å². The third-order valence-corrected chi connectivity index (χ3v) is 7.37. The van der Waals surface area contributed by atoms with Crippen molar-refractivity contribution < 1.29 is 24.6 Å². The normalized spacial score (nSPS) is 22.7. The van der Waals surface area contributed by atoms with Crippen molar-refractivity contribution >= 4 is 24.8 Å². The third-order valence-electron chi connectivity index (χ3n) is 7.37. The standard InChI is InChI=1S/C25H33N5O.2CH2O2/c31-23(28-16-21-8-9-21)25-11-4-14-29(15-10-20-6-2-1-3-7-20)17-22(25)18-30(19-25)24-26-12-5-13-27-24;2*2-1-3/h1-3,5-7,12-13,21-22H,4,8-11,14-19H2,(H,28,31);2*1H,(H,2,3)/t22-,25-;;/m0../s1. The van der Waals surface area contributed by atoms with Crippen molar-refractivity contribution in [3.05, 3.63) is 54.4 Å². The van der Waals surface area contributed by atoms with Gasteiger partial charge in [0.2, 0.25) is 11.9 Å². The van der Waals surface area contributed by atoms with Gasteiger partial charge in [-0.1, -0.05) is 30.3 Å². The van der Waals surface area contributed by atoms with Crippen LogP contribution in [0.4, 0.5) is 5.95 Å². The number of carbonyl (C=O) groups is 3. The van der Waals surface area contributed by atoms with Crippen LogP contribution < -0.4 is 10.2 Å². The monoisotopic (exact) mass is 511 g/mol. The molecule has 2 aromatic rings. The van der Waals surface area contributed by atoms with Crippen molar-refractivity contribution in [1.29, 1.82) is 0 Å². The van der Waals surface area contributed by atoms with Gasteiger partial charge in [0.25, 0.3) is 12.9 Å². The van der Waals surface area contributed by atoms with E-state index >= 15 is 0 Å². The summed E-state index contributed by atoms with van der Waals surface area (Å²) in [6.45, 7) is 5.00. The minimum atomic E-state index is -0.338. The van der Waals surface area contributed by atoms with Crippen LogP contribution in [0, 0.1) is 17.3 Å². The summed E-state index contributed by atoms with van der Waals surface area (Å²) in [6, 6.07) is 12.6. The average molecular weight is 512 g/mol. The van der Waals surface area contributed by atoms with E-state index < -0.39 is 0 Å². The predicted molar refractivity (Wildman–Crippen MR) is 139 cm³/mol. The Morgan fingerprint density at radius 1 is 1.05 bits per heavy atom. The van der Waals surface area contributed by atoms with Crippen LogP contribution in [0.5, 0.6) is 0 Å². The Labute approximate surface area is 217 Å². The lowest BCUT2D eigenvalue weighted by atomic mass is 9.74. The number of hydrogen-bond acceptors (Lipinski definition) is 7. The quantitative estimate of drug-likeness (QED) is 0.478. The summed E-state index contributed by atoms with van der Waals surface area (Å²) in [5.74, 6) is 2.00. The van der Waals surface area contributed by atoms with E-state index in [0.717, 1.165) is 64.5 Å². The lowest BCUT2D eigenvalue weighted by molar-refractivity contribution is -0.132. The molecule has 37 heavy (non-hydrogen) atoms. The average Bonchev–Trinajstić information content (AvgIpc) is 3.71. The first kappa shape index (κ1) is 28.0. The molecule has 200 valence electrons. The Morgan fingerprint density at radius 2 is 1.73 bits per heavy atom. The van der Waals surface area contributed by atoms with Crippen LogP contribution in [0.25, 0.3) is 0 Å². The first-order valence-corrected chi connectivity index (χ1v) is 12.8. The maximum atomic E-state index is 13.6. The lowest BCUT2D eigenvalue weighted by Crippen LogP contribution is -2.48. The molecule has 0 unspecified atom stereocenters. The van der Waals surface area contributed by atoms with Crippen LogP contribution in [0.1, 0.15) is 31.2 Å². The van der Waals surface area contributed by atoms with Gasteiger partial charge in [0.15, 0.2) is 0 Å². The summed E-state index contributed by atoms with van der Waals surface area (Å²) in [6.07, 6.45) is 9.16. The van der Waals surface area contributed by atoms with Gasteiger partial charge < -0.3 is 25.3 Å². The number of anilines is 1. The van der Waals surface area contributed by atoms with Crippen molar-refractivity contribution in [3.8, 4) is 0 Å². The van der Waals surface area contributed by atoms with Gasteiger partial charge in [-0.2, -0.15) is 0 Å². The molecular formula is C27H37N5O5. The van der Waals surface area contributed by atoms with E-state index in [2.05, 4.69) is 55.4 Å². The zero-order valence-electron chi connectivity index (χ0n) is 21.1. The molecule has 1 aromatic carbocycles. The van der Waals surface area contributed by atoms with Crippen molar-refractivity contribution in [1.82, 2.24) is 20.2 Å². The second-order valence-electron chi connectivity index (χ2n) is 9.79. The fourth-order valence-electron chi connectivity index (χ4n) is 5.36. The second kappa shape index (κ2) is 14.3. The highest BCUT2D eigenvalue weighted by Gasteiger charge is 2.53. The van der Waals surface area contributed by atoms with E-state index in [4.69, 9.17) is 19.8 Å². The minimum Gasteiger partial charge on any atom is -0.483 e. The van der Waals surface area contributed by atoms with Crippen LogP contribution >= 0.6 is 0 Å². The van der Waals surface area contributed by atoms with Gasteiger partial charge >= 0.3 is 0 Å². The van der Waals surface area contributed by atoms with Gasteiger partial charge in [0.1, 0.15) is 0 Å². The van der Waals surface area contributed by atoms with Gasteiger partial charge in [0, 0.05) is 51.0 Å². The molecule has 0 radical (unpaired) electrons. The van der Waals surface area contributed by atoms with Gasteiger partial charge in [0.05, 0.1) is 5.41 Å². The fourth-order valence-corrected chi connectivity index (χ4v) is 5.36. The van der Waals surface area contributed by atoms with Gasteiger partial charge in [-0.15, -0.1) is 0 Å². The van der Waals surface area contributed by atoms with Crippen molar-refractivity contribution in [2.75, 3.05) is 44.2 Å². The number of amides is 1. The molecular weight excluding hydrogens is 474 g/mol. The summed E-state index contributed by atoms with van der Waals surface area (Å²) in [5.41, 5.74) is 1.04. The third kappa shape index (κ3) is 7.98. The van der Waals surface area contributed by atoms with Gasteiger partial charge in [-0.3, -0.25) is 14.4 Å². The number of carboxylic acid groups (broad SMARTS) is 2. The topological polar surface area (TPSA) is 136 Å².